The molecule has 1 unspecified atom stereocenters. The van der Waals surface area contributed by atoms with Crippen LogP contribution >= 0.6 is 11.3 Å². The molecule has 2 nitrogen and oxygen atoms in total. The fourth-order valence-electron chi connectivity index (χ4n) is 3.93. The van der Waals surface area contributed by atoms with Crippen LogP contribution in [0.2, 0.25) is 0 Å². The molecular formula is C17H28N2S. The van der Waals surface area contributed by atoms with E-state index in [1.165, 1.54) is 55.6 Å². The molecule has 112 valence electrons. The molecule has 1 aromatic heterocycles. The van der Waals surface area contributed by atoms with Gasteiger partial charge < -0.3 is 5.32 Å². The molecule has 20 heavy (non-hydrogen) atoms. The normalized spacial score (nSPS) is 30.5. The van der Waals surface area contributed by atoms with Crippen LogP contribution in [0.15, 0.2) is 0 Å². The predicted octanol–water partition coefficient (Wildman–Crippen LogP) is 4.67. The lowest BCUT2D eigenvalue weighted by Gasteiger charge is -2.29. The molecule has 0 amide bonds. The van der Waals surface area contributed by atoms with Gasteiger partial charge in [-0.2, -0.15) is 0 Å². The van der Waals surface area contributed by atoms with E-state index in [9.17, 15) is 0 Å². The second-order valence-electron chi connectivity index (χ2n) is 6.95. The van der Waals surface area contributed by atoms with Gasteiger partial charge in [0.25, 0.3) is 0 Å². The minimum Gasteiger partial charge on any atom is -0.312 e. The Hall–Kier alpha value is -0.410. The number of aromatic nitrogens is 1. The van der Waals surface area contributed by atoms with Crippen LogP contribution in [-0.2, 0) is 6.42 Å². The Bertz CT molecular complexity index is 444. The molecule has 1 N–H and O–H groups in total. The van der Waals surface area contributed by atoms with Crippen LogP contribution in [0.25, 0.3) is 0 Å². The summed E-state index contributed by atoms with van der Waals surface area (Å²) in [6, 6.07) is 0.510. The summed E-state index contributed by atoms with van der Waals surface area (Å²) in [7, 11) is 2.08. The van der Waals surface area contributed by atoms with E-state index in [0.29, 0.717) is 6.04 Å². The van der Waals surface area contributed by atoms with E-state index in [2.05, 4.69) is 26.2 Å². The highest BCUT2D eigenvalue weighted by Gasteiger charge is 2.29. The third-order valence-electron chi connectivity index (χ3n) is 5.38. The van der Waals surface area contributed by atoms with Gasteiger partial charge in [0.05, 0.1) is 16.7 Å². The van der Waals surface area contributed by atoms with Crippen LogP contribution in [0.5, 0.6) is 0 Å². The molecule has 1 aromatic rings. The molecule has 0 saturated heterocycles. The number of nitrogens with one attached hydrogen (secondary N) is 1. The molecule has 0 aliphatic heterocycles. The first-order valence-electron chi connectivity index (χ1n) is 8.35. The van der Waals surface area contributed by atoms with E-state index in [1.807, 2.05) is 11.3 Å². The molecular weight excluding hydrogens is 264 g/mol. The van der Waals surface area contributed by atoms with E-state index in [4.69, 9.17) is 4.98 Å². The molecule has 3 heteroatoms. The van der Waals surface area contributed by atoms with Crippen molar-refractivity contribution in [2.75, 3.05) is 7.05 Å². The molecule has 1 fully saturated rings. The summed E-state index contributed by atoms with van der Waals surface area (Å²) in [6.45, 7) is 4.76. The summed E-state index contributed by atoms with van der Waals surface area (Å²) in [4.78, 5) is 6.62. The van der Waals surface area contributed by atoms with Crippen LogP contribution in [0.3, 0.4) is 0 Å². The van der Waals surface area contributed by atoms with Gasteiger partial charge in [-0.1, -0.05) is 13.8 Å². The van der Waals surface area contributed by atoms with Gasteiger partial charge in [-0.05, 0) is 63.8 Å². The van der Waals surface area contributed by atoms with Crippen molar-refractivity contribution >= 4 is 11.3 Å². The maximum Gasteiger partial charge on any atom is 0.0962 e. The number of nitrogens with zero attached hydrogens (tertiary/aromatic N) is 1. The van der Waals surface area contributed by atoms with Gasteiger partial charge in [-0.15, -0.1) is 11.3 Å². The van der Waals surface area contributed by atoms with Crippen LogP contribution in [0, 0.1) is 11.8 Å². The van der Waals surface area contributed by atoms with Crippen molar-refractivity contribution in [3.05, 3.63) is 15.6 Å². The number of thiazole rings is 1. The first-order chi connectivity index (χ1) is 9.69. The molecule has 2 aliphatic rings. The summed E-state index contributed by atoms with van der Waals surface area (Å²) in [6.07, 6.45) is 9.36. The number of hydrogen-bond donors (Lipinski definition) is 1. The predicted molar refractivity (Wildman–Crippen MR) is 86.4 cm³/mol. The molecule has 0 bridgehead atoms. The summed E-state index contributed by atoms with van der Waals surface area (Å²) in [5.74, 6) is 2.55. The molecule has 0 spiro atoms. The van der Waals surface area contributed by atoms with Crippen LogP contribution in [0.1, 0.15) is 79.9 Å². The SMILES string of the molecule is CNC1CCCc2sc(C3CCC(C(C)C)CC3)nc21. The monoisotopic (exact) mass is 292 g/mol. The van der Waals surface area contributed by atoms with Gasteiger partial charge in [0.2, 0.25) is 0 Å². The lowest BCUT2D eigenvalue weighted by atomic mass is 9.77. The van der Waals surface area contributed by atoms with Gasteiger partial charge >= 0.3 is 0 Å². The van der Waals surface area contributed by atoms with E-state index >= 15 is 0 Å². The first-order valence-corrected chi connectivity index (χ1v) is 9.17. The second kappa shape index (κ2) is 6.15. The van der Waals surface area contributed by atoms with Gasteiger partial charge in [0.1, 0.15) is 0 Å². The fraction of sp³-hybridized carbons (Fsp3) is 0.824. The number of fused-ring (bicyclic) bond motifs is 1. The topological polar surface area (TPSA) is 24.9 Å². The molecule has 0 radical (unpaired) electrons. The van der Waals surface area contributed by atoms with Crippen molar-refractivity contribution in [1.29, 1.82) is 0 Å². The van der Waals surface area contributed by atoms with E-state index < -0.39 is 0 Å². The first kappa shape index (κ1) is 14.5. The Morgan fingerprint density at radius 3 is 2.55 bits per heavy atom. The Balaban J connectivity index is 1.71. The van der Waals surface area contributed by atoms with Gasteiger partial charge in [-0.3, -0.25) is 0 Å². The van der Waals surface area contributed by atoms with Crippen molar-refractivity contribution < 1.29 is 0 Å². The van der Waals surface area contributed by atoms with Crippen LogP contribution < -0.4 is 5.32 Å². The van der Waals surface area contributed by atoms with E-state index in [1.54, 1.807) is 4.88 Å². The average molecular weight is 292 g/mol. The maximum absolute atomic E-state index is 5.05. The fourth-order valence-corrected chi connectivity index (χ4v) is 5.26. The number of aryl methyl sites for hydroxylation is 1. The van der Waals surface area contributed by atoms with E-state index in [-0.39, 0.29) is 0 Å². The summed E-state index contributed by atoms with van der Waals surface area (Å²) < 4.78 is 0. The second-order valence-corrected chi connectivity index (χ2v) is 8.06. The van der Waals surface area contributed by atoms with Crippen molar-refractivity contribution in [3.63, 3.8) is 0 Å². The molecule has 2 aliphatic carbocycles. The zero-order valence-corrected chi connectivity index (χ0v) is 13.9. The molecule has 1 atom stereocenters. The smallest absolute Gasteiger partial charge is 0.0962 e. The Kier molecular flexibility index (Phi) is 4.46. The summed E-state index contributed by atoms with van der Waals surface area (Å²) in [5.41, 5.74) is 1.38. The van der Waals surface area contributed by atoms with Crippen molar-refractivity contribution in [2.45, 2.75) is 70.8 Å². The van der Waals surface area contributed by atoms with Crippen molar-refractivity contribution in [1.82, 2.24) is 10.3 Å². The Morgan fingerprint density at radius 2 is 1.90 bits per heavy atom. The van der Waals surface area contributed by atoms with Crippen LogP contribution in [-0.4, -0.2) is 12.0 Å². The van der Waals surface area contributed by atoms with Crippen LogP contribution in [0.4, 0.5) is 0 Å². The minimum atomic E-state index is 0.510. The highest BCUT2D eigenvalue weighted by Crippen LogP contribution is 2.42. The third kappa shape index (κ3) is 2.80. The number of rotatable bonds is 3. The highest BCUT2D eigenvalue weighted by atomic mass is 32.1. The number of hydrogen-bond acceptors (Lipinski definition) is 3. The molecule has 0 aromatic carbocycles. The molecule has 1 saturated carbocycles. The zero-order chi connectivity index (χ0) is 14.1. The quantitative estimate of drug-likeness (QED) is 0.875. The third-order valence-corrected chi connectivity index (χ3v) is 6.68. The molecule has 3 rings (SSSR count). The highest BCUT2D eigenvalue weighted by molar-refractivity contribution is 7.11. The van der Waals surface area contributed by atoms with Crippen molar-refractivity contribution in [2.24, 2.45) is 11.8 Å². The van der Waals surface area contributed by atoms with Gasteiger partial charge in [0, 0.05) is 10.8 Å². The van der Waals surface area contributed by atoms with Crippen molar-refractivity contribution in [3.8, 4) is 0 Å². The lowest BCUT2D eigenvalue weighted by molar-refractivity contribution is 0.258. The summed E-state index contributed by atoms with van der Waals surface area (Å²) >= 11 is 2.02. The summed E-state index contributed by atoms with van der Waals surface area (Å²) in [5, 5.41) is 4.89. The largest absolute Gasteiger partial charge is 0.312 e. The van der Waals surface area contributed by atoms with Gasteiger partial charge in [-0.25, -0.2) is 4.98 Å². The average Bonchev–Trinajstić information content (AvgIpc) is 2.91. The Morgan fingerprint density at radius 1 is 1.15 bits per heavy atom. The zero-order valence-electron chi connectivity index (χ0n) is 13.1. The molecule has 1 heterocycles. The standard InChI is InChI=1S/C17H28N2S/c1-11(2)12-7-9-13(10-8-12)17-19-16-14(18-3)5-4-6-15(16)20-17/h11-14,18H,4-10H2,1-3H3. The Labute approximate surface area is 127 Å². The van der Waals surface area contributed by atoms with Gasteiger partial charge in [0.15, 0.2) is 0 Å². The minimum absolute atomic E-state index is 0.510. The lowest BCUT2D eigenvalue weighted by Crippen LogP contribution is -2.21. The van der Waals surface area contributed by atoms with E-state index in [0.717, 1.165) is 17.8 Å². The maximum atomic E-state index is 5.05.